The Morgan fingerprint density at radius 1 is 0.966 bits per heavy atom. The van der Waals surface area contributed by atoms with Crippen molar-refractivity contribution in [1.29, 1.82) is 0 Å². The molecule has 0 radical (unpaired) electrons. The molecule has 0 saturated carbocycles. The summed E-state index contributed by atoms with van der Waals surface area (Å²) in [6.45, 7) is 2.13. The Morgan fingerprint density at radius 3 is 2.76 bits per heavy atom. The lowest BCUT2D eigenvalue weighted by Crippen LogP contribution is -2.01. The average molecular weight is 399 g/mol. The highest BCUT2D eigenvalue weighted by Gasteiger charge is 2.13. The van der Waals surface area contributed by atoms with Crippen molar-refractivity contribution < 1.29 is 0 Å². The van der Waals surface area contributed by atoms with Crippen LogP contribution < -0.4 is 0 Å². The lowest BCUT2D eigenvalue weighted by Gasteiger charge is -2.10. The number of benzene rings is 1. The van der Waals surface area contributed by atoms with Gasteiger partial charge >= 0.3 is 0 Å². The minimum absolute atomic E-state index is 0.946. The first-order valence-electron chi connectivity index (χ1n) is 9.80. The number of hydrogen-bond donors (Lipinski definition) is 0. The maximum absolute atomic E-state index is 4.76. The van der Waals surface area contributed by atoms with Crippen LogP contribution in [0.1, 0.15) is 16.8 Å². The third-order valence-corrected chi connectivity index (χ3v) is 6.13. The SMILES string of the molecule is Cc1cc(-n2ccc3cccnc32)c2ncc(CSCCc3ccccc3)n2c1. The lowest BCUT2D eigenvalue weighted by atomic mass is 10.2. The average Bonchev–Trinajstić information content (AvgIpc) is 3.36. The number of pyridine rings is 2. The van der Waals surface area contributed by atoms with Crippen molar-refractivity contribution in [2.24, 2.45) is 0 Å². The molecule has 4 nitrogen and oxygen atoms in total. The van der Waals surface area contributed by atoms with Crippen molar-refractivity contribution in [3.05, 3.63) is 96.2 Å². The van der Waals surface area contributed by atoms with Gasteiger partial charge in [-0.1, -0.05) is 30.3 Å². The third kappa shape index (κ3) is 3.54. The van der Waals surface area contributed by atoms with Crippen molar-refractivity contribution in [1.82, 2.24) is 18.9 Å². The van der Waals surface area contributed by atoms with Gasteiger partial charge in [0.05, 0.1) is 17.6 Å². The van der Waals surface area contributed by atoms with Crippen molar-refractivity contribution in [3.63, 3.8) is 0 Å². The highest BCUT2D eigenvalue weighted by molar-refractivity contribution is 7.98. The molecule has 29 heavy (non-hydrogen) atoms. The van der Waals surface area contributed by atoms with E-state index in [0.29, 0.717) is 0 Å². The van der Waals surface area contributed by atoms with Crippen LogP contribution in [0.15, 0.2) is 79.4 Å². The molecule has 0 aliphatic rings. The van der Waals surface area contributed by atoms with Gasteiger partial charge in [0.15, 0.2) is 5.65 Å². The second-order valence-electron chi connectivity index (χ2n) is 7.24. The van der Waals surface area contributed by atoms with Gasteiger partial charge in [0.25, 0.3) is 0 Å². The van der Waals surface area contributed by atoms with Gasteiger partial charge in [-0.2, -0.15) is 11.8 Å². The second kappa shape index (κ2) is 7.76. The predicted octanol–water partition coefficient (Wildman–Crippen LogP) is 5.46. The molecule has 0 bridgehead atoms. The highest BCUT2D eigenvalue weighted by Crippen LogP contribution is 2.25. The number of imidazole rings is 1. The maximum atomic E-state index is 4.76. The number of hydrogen-bond acceptors (Lipinski definition) is 3. The molecular formula is C24H22N4S. The summed E-state index contributed by atoms with van der Waals surface area (Å²) >= 11 is 1.95. The van der Waals surface area contributed by atoms with E-state index in [2.05, 4.69) is 81.8 Å². The van der Waals surface area contributed by atoms with E-state index in [1.165, 1.54) is 16.8 Å². The molecular weight excluding hydrogens is 376 g/mol. The first kappa shape index (κ1) is 18.0. The van der Waals surface area contributed by atoms with Crippen molar-refractivity contribution in [2.45, 2.75) is 19.1 Å². The molecule has 0 aliphatic heterocycles. The van der Waals surface area contributed by atoms with Gasteiger partial charge in [0, 0.05) is 29.7 Å². The Bertz CT molecular complexity index is 1270. The summed E-state index contributed by atoms with van der Waals surface area (Å²) in [6, 6.07) is 19.0. The molecule has 4 aromatic heterocycles. The molecule has 0 aliphatic carbocycles. The summed E-state index contributed by atoms with van der Waals surface area (Å²) < 4.78 is 4.37. The summed E-state index contributed by atoms with van der Waals surface area (Å²) in [4.78, 5) is 9.33. The Kier molecular flexibility index (Phi) is 4.82. The van der Waals surface area contributed by atoms with Crippen LogP contribution in [0, 0.1) is 6.92 Å². The zero-order valence-corrected chi connectivity index (χ0v) is 17.1. The van der Waals surface area contributed by atoms with Gasteiger partial charge in [-0.3, -0.25) is 4.57 Å². The van der Waals surface area contributed by atoms with Crippen LogP contribution >= 0.6 is 11.8 Å². The Labute approximate surface area is 174 Å². The monoisotopic (exact) mass is 398 g/mol. The number of rotatable bonds is 6. The smallest absolute Gasteiger partial charge is 0.161 e. The quantitative estimate of drug-likeness (QED) is 0.356. The first-order valence-corrected chi connectivity index (χ1v) is 11.0. The lowest BCUT2D eigenvalue weighted by molar-refractivity contribution is 1.03. The fourth-order valence-electron chi connectivity index (χ4n) is 3.71. The topological polar surface area (TPSA) is 35.1 Å². The van der Waals surface area contributed by atoms with Gasteiger partial charge in [0.1, 0.15) is 5.65 Å². The van der Waals surface area contributed by atoms with E-state index in [1.807, 2.05) is 30.2 Å². The Morgan fingerprint density at radius 2 is 1.86 bits per heavy atom. The molecule has 4 heterocycles. The number of aryl methyl sites for hydroxylation is 2. The third-order valence-electron chi connectivity index (χ3n) is 5.14. The van der Waals surface area contributed by atoms with Crippen LogP contribution in [0.3, 0.4) is 0 Å². The zero-order valence-electron chi connectivity index (χ0n) is 16.3. The van der Waals surface area contributed by atoms with Crippen LogP contribution in [0.4, 0.5) is 0 Å². The number of fused-ring (bicyclic) bond motifs is 2. The normalized spacial score (nSPS) is 11.5. The number of thioether (sulfide) groups is 1. The number of nitrogens with zero attached hydrogens (tertiary/aromatic N) is 4. The molecule has 5 rings (SSSR count). The molecule has 0 spiro atoms. The predicted molar refractivity (Wildman–Crippen MR) is 121 cm³/mol. The fraction of sp³-hybridized carbons (Fsp3) is 0.167. The van der Waals surface area contributed by atoms with E-state index in [4.69, 9.17) is 4.98 Å². The summed E-state index contributed by atoms with van der Waals surface area (Å²) in [5.41, 5.74) is 6.83. The molecule has 0 unspecified atom stereocenters. The second-order valence-corrected chi connectivity index (χ2v) is 8.34. The maximum Gasteiger partial charge on any atom is 0.161 e. The van der Waals surface area contributed by atoms with Crippen LogP contribution in [0.5, 0.6) is 0 Å². The zero-order chi connectivity index (χ0) is 19.6. The van der Waals surface area contributed by atoms with Gasteiger partial charge in [0.2, 0.25) is 0 Å². The Balaban J connectivity index is 1.42. The van der Waals surface area contributed by atoms with E-state index < -0.39 is 0 Å². The van der Waals surface area contributed by atoms with E-state index in [0.717, 1.165) is 40.3 Å². The molecule has 0 atom stereocenters. The van der Waals surface area contributed by atoms with Crippen molar-refractivity contribution in [2.75, 3.05) is 5.75 Å². The van der Waals surface area contributed by atoms with Gasteiger partial charge in [-0.05, 0) is 54.5 Å². The summed E-state index contributed by atoms with van der Waals surface area (Å²) in [5.74, 6) is 2.05. The highest BCUT2D eigenvalue weighted by atomic mass is 32.2. The Hall–Kier alpha value is -3.05. The van der Waals surface area contributed by atoms with Crippen LogP contribution in [0.25, 0.3) is 22.4 Å². The van der Waals surface area contributed by atoms with Crippen LogP contribution in [-0.4, -0.2) is 24.7 Å². The van der Waals surface area contributed by atoms with Gasteiger partial charge in [-0.15, -0.1) is 0 Å². The van der Waals surface area contributed by atoms with Gasteiger partial charge < -0.3 is 4.40 Å². The number of aromatic nitrogens is 4. The van der Waals surface area contributed by atoms with E-state index in [1.54, 1.807) is 0 Å². The van der Waals surface area contributed by atoms with Crippen molar-refractivity contribution in [3.8, 4) is 5.69 Å². The van der Waals surface area contributed by atoms with E-state index in [9.17, 15) is 0 Å². The minimum Gasteiger partial charge on any atom is -0.301 e. The largest absolute Gasteiger partial charge is 0.301 e. The van der Waals surface area contributed by atoms with Crippen LogP contribution in [-0.2, 0) is 12.2 Å². The standard InChI is InChI=1S/C24H22N4S/c1-18-14-22(27-12-9-20-8-5-11-25-23(20)27)24-26-15-21(28(24)16-18)17-29-13-10-19-6-3-2-4-7-19/h2-9,11-12,14-16H,10,13,17H2,1H3. The molecule has 5 aromatic rings. The molecule has 1 aromatic carbocycles. The van der Waals surface area contributed by atoms with Crippen molar-refractivity contribution >= 4 is 28.4 Å². The fourth-order valence-corrected chi connectivity index (χ4v) is 4.65. The molecule has 0 amide bonds. The van der Waals surface area contributed by atoms with Gasteiger partial charge in [-0.25, -0.2) is 9.97 Å². The molecule has 0 fully saturated rings. The molecule has 144 valence electrons. The first-order chi connectivity index (χ1) is 14.3. The summed E-state index contributed by atoms with van der Waals surface area (Å²) in [7, 11) is 0. The minimum atomic E-state index is 0.946. The molecule has 0 saturated heterocycles. The van der Waals surface area contributed by atoms with E-state index >= 15 is 0 Å². The van der Waals surface area contributed by atoms with Crippen LogP contribution in [0.2, 0.25) is 0 Å². The molecule has 0 N–H and O–H groups in total. The van der Waals surface area contributed by atoms with E-state index in [-0.39, 0.29) is 0 Å². The molecule has 5 heteroatoms. The summed E-state index contributed by atoms with van der Waals surface area (Å²) in [5, 5.41) is 1.13. The summed E-state index contributed by atoms with van der Waals surface area (Å²) in [6.07, 6.45) is 9.19.